The monoisotopic (exact) mass is 460 g/mol. The number of hydrogen-bond acceptors (Lipinski definition) is 5. The maximum atomic E-state index is 13.6. The van der Waals surface area contributed by atoms with Crippen molar-refractivity contribution < 1.29 is 23.8 Å². The average molecular weight is 461 g/mol. The average Bonchev–Trinajstić information content (AvgIpc) is 3.36. The number of unbranched alkanes of at least 4 members (excludes halogenated alkanes) is 9. The minimum atomic E-state index is -0.791. The fraction of sp³-hybridized carbons (Fsp3) is 0.714. The standard InChI is InChI=1S/C28H44O5/c1-4-5-6-7-8-9-10-11-12-15-21-33-28(30)25(22-17-13-14-18-22)27(29)26-23(31-2)19-16-20-24(26)32-3/h16,19-20,22,25H,4-15,17-18,21H2,1-3H3. The van der Waals surface area contributed by atoms with Crippen molar-refractivity contribution in [3.8, 4) is 11.5 Å². The topological polar surface area (TPSA) is 61.8 Å². The summed E-state index contributed by atoms with van der Waals surface area (Å²) < 4.78 is 16.5. The van der Waals surface area contributed by atoms with Crippen molar-refractivity contribution >= 4 is 11.8 Å². The molecule has 1 aromatic rings. The molecule has 1 aliphatic carbocycles. The van der Waals surface area contributed by atoms with Gasteiger partial charge in [-0.05, 0) is 37.3 Å². The number of carbonyl (C=O) groups excluding carboxylic acids is 2. The molecule has 2 rings (SSSR count). The molecular weight excluding hydrogens is 416 g/mol. The number of methoxy groups -OCH3 is 2. The maximum absolute atomic E-state index is 13.6. The van der Waals surface area contributed by atoms with Crippen LogP contribution in [0.5, 0.6) is 11.5 Å². The molecule has 5 heteroatoms. The van der Waals surface area contributed by atoms with Crippen LogP contribution in [0.15, 0.2) is 18.2 Å². The van der Waals surface area contributed by atoms with E-state index in [4.69, 9.17) is 14.2 Å². The zero-order valence-electron chi connectivity index (χ0n) is 21.0. The van der Waals surface area contributed by atoms with Gasteiger partial charge in [-0.3, -0.25) is 9.59 Å². The predicted octanol–water partition coefficient (Wildman–Crippen LogP) is 7.16. The van der Waals surface area contributed by atoms with Crippen LogP contribution in [-0.2, 0) is 9.53 Å². The van der Waals surface area contributed by atoms with Crippen molar-refractivity contribution in [2.75, 3.05) is 20.8 Å². The summed E-state index contributed by atoms with van der Waals surface area (Å²) in [6.45, 7) is 2.63. The SMILES string of the molecule is CCCCCCCCCCCCOC(=O)C(C(=O)c1c(OC)cccc1OC)C1CCCC1. The van der Waals surface area contributed by atoms with Gasteiger partial charge in [-0.2, -0.15) is 0 Å². The molecule has 33 heavy (non-hydrogen) atoms. The van der Waals surface area contributed by atoms with Gasteiger partial charge in [-0.1, -0.05) is 83.6 Å². The molecule has 1 atom stereocenters. The first kappa shape index (κ1) is 27.2. The van der Waals surface area contributed by atoms with Crippen molar-refractivity contribution in [2.45, 2.75) is 96.8 Å². The third kappa shape index (κ3) is 8.68. The van der Waals surface area contributed by atoms with Gasteiger partial charge in [0.15, 0.2) is 5.78 Å². The molecule has 1 fully saturated rings. The van der Waals surface area contributed by atoms with E-state index in [1.165, 1.54) is 65.6 Å². The highest BCUT2D eigenvalue weighted by molar-refractivity contribution is 6.12. The number of ketones is 1. The molecule has 0 bridgehead atoms. The number of hydrogen-bond donors (Lipinski definition) is 0. The summed E-state index contributed by atoms with van der Waals surface area (Å²) in [5, 5.41) is 0. The Bertz CT molecular complexity index is 686. The van der Waals surface area contributed by atoms with Gasteiger partial charge in [0.25, 0.3) is 0 Å². The van der Waals surface area contributed by atoms with E-state index in [2.05, 4.69) is 6.92 Å². The van der Waals surface area contributed by atoms with Crippen LogP contribution in [0.2, 0.25) is 0 Å². The van der Waals surface area contributed by atoms with E-state index < -0.39 is 11.9 Å². The largest absolute Gasteiger partial charge is 0.496 e. The predicted molar refractivity (Wildman–Crippen MR) is 132 cm³/mol. The van der Waals surface area contributed by atoms with Crippen molar-refractivity contribution in [1.82, 2.24) is 0 Å². The number of rotatable bonds is 17. The fourth-order valence-corrected chi connectivity index (χ4v) is 4.91. The highest BCUT2D eigenvalue weighted by atomic mass is 16.5. The molecule has 1 saturated carbocycles. The normalized spacial score (nSPS) is 14.8. The second kappa shape index (κ2) is 15.7. The Morgan fingerprint density at radius 1 is 0.848 bits per heavy atom. The molecule has 1 aliphatic rings. The van der Waals surface area contributed by atoms with E-state index in [1.807, 2.05) is 0 Å². The number of ether oxygens (including phenoxy) is 3. The Balaban J connectivity index is 1.86. The minimum absolute atomic E-state index is 0.0207. The maximum Gasteiger partial charge on any atom is 0.317 e. The lowest BCUT2D eigenvalue weighted by atomic mass is 9.84. The summed E-state index contributed by atoms with van der Waals surface area (Å²) in [6, 6.07) is 5.25. The number of esters is 1. The number of carbonyl (C=O) groups is 2. The van der Waals surface area contributed by atoms with Gasteiger partial charge in [-0.25, -0.2) is 0 Å². The van der Waals surface area contributed by atoms with E-state index in [0.29, 0.717) is 23.7 Å². The summed E-state index contributed by atoms with van der Waals surface area (Å²) in [4.78, 5) is 26.7. The molecule has 0 amide bonds. The Morgan fingerprint density at radius 2 is 1.36 bits per heavy atom. The van der Waals surface area contributed by atoms with E-state index in [-0.39, 0.29) is 11.7 Å². The number of Topliss-reactive ketones (excluding diaryl/α,β-unsaturated/α-hetero) is 1. The van der Waals surface area contributed by atoms with E-state index in [0.717, 1.165) is 38.5 Å². The molecular formula is C28H44O5. The summed E-state index contributed by atoms with van der Waals surface area (Å²) in [5.41, 5.74) is 0.343. The molecule has 0 heterocycles. The Morgan fingerprint density at radius 3 is 1.88 bits per heavy atom. The highest BCUT2D eigenvalue weighted by Gasteiger charge is 2.40. The van der Waals surface area contributed by atoms with Crippen LogP contribution in [0.1, 0.15) is 107 Å². The van der Waals surface area contributed by atoms with Crippen molar-refractivity contribution in [2.24, 2.45) is 11.8 Å². The lowest BCUT2D eigenvalue weighted by Gasteiger charge is -2.22. The summed E-state index contributed by atoms with van der Waals surface area (Å²) in [7, 11) is 3.05. The zero-order valence-corrected chi connectivity index (χ0v) is 21.0. The van der Waals surface area contributed by atoms with Crippen LogP contribution in [0, 0.1) is 11.8 Å². The van der Waals surface area contributed by atoms with Crippen molar-refractivity contribution in [1.29, 1.82) is 0 Å². The van der Waals surface area contributed by atoms with Crippen LogP contribution in [0.25, 0.3) is 0 Å². The molecule has 1 aromatic carbocycles. The highest BCUT2D eigenvalue weighted by Crippen LogP contribution is 2.38. The van der Waals surface area contributed by atoms with Gasteiger partial charge < -0.3 is 14.2 Å². The van der Waals surface area contributed by atoms with Crippen LogP contribution < -0.4 is 9.47 Å². The first-order chi connectivity index (χ1) is 16.1. The fourth-order valence-electron chi connectivity index (χ4n) is 4.91. The molecule has 0 spiro atoms. The van der Waals surface area contributed by atoms with Crippen LogP contribution in [0.4, 0.5) is 0 Å². The van der Waals surface area contributed by atoms with E-state index >= 15 is 0 Å². The molecule has 0 saturated heterocycles. The molecule has 0 radical (unpaired) electrons. The van der Waals surface area contributed by atoms with Gasteiger partial charge in [0.2, 0.25) is 0 Å². The zero-order chi connectivity index (χ0) is 23.9. The third-order valence-corrected chi connectivity index (χ3v) is 6.82. The number of benzene rings is 1. The molecule has 0 aromatic heterocycles. The van der Waals surface area contributed by atoms with Crippen molar-refractivity contribution in [3.05, 3.63) is 23.8 Å². The van der Waals surface area contributed by atoms with Gasteiger partial charge >= 0.3 is 5.97 Å². The molecule has 0 N–H and O–H groups in total. The van der Waals surface area contributed by atoms with Crippen molar-refractivity contribution in [3.63, 3.8) is 0 Å². The molecule has 1 unspecified atom stereocenters. The van der Waals surface area contributed by atoms with Crippen LogP contribution in [0.3, 0.4) is 0 Å². The summed E-state index contributed by atoms with van der Waals surface area (Å²) in [6.07, 6.45) is 16.1. The Kier molecular flexibility index (Phi) is 13.0. The lowest BCUT2D eigenvalue weighted by molar-refractivity contribution is -0.148. The van der Waals surface area contributed by atoms with Gasteiger partial charge in [0, 0.05) is 0 Å². The van der Waals surface area contributed by atoms with Crippen LogP contribution in [-0.4, -0.2) is 32.6 Å². The lowest BCUT2D eigenvalue weighted by Crippen LogP contribution is -2.33. The first-order valence-electron chi connectivity index (χ1n) is 13.1. The summed E-state index contributed by atoms with van der Waals surface area (Å²) in [5.74, 6) is -0.539. The smallest absolute Gasteiger partial charge is 0.317 e. The summed E-state index contributed by atoms with van der Waals surface area (Å²) >= 11 is 0. The molecule has 186 valence electrons. The third-order valence-electron chi connectivity index (χ3n) is 6.82. The van der Waals surface area contributed by atoms with Gasteiger partial charge in [0.05, 0.1) is 20.8 Å². The second-order valence-electron chi connectivity index (χ2n) is 9.27. The first-order valence-corrected chi connectivity index (χ1v) is 13.1. The Labute approximate surface area is 200 Å². The molecule has 0 aliphatic heterocycles. The van der Waals surface area contributed by atoms with E-state index in [1.54, 1.807) is 18.2 Å². The Hall–Kier alpha value is -2.04. The van der Waals surface area contributed by atoms with Gasteiger partial charge in [0.1, 0.15) is 23.0 Å². The van der Waals surface area contributed by atoms with E-state index in [9.17, 15) is 9.59 Å². The quantitative estimate of drug-likeness (QED) is 0.107. The minimum Gasteiger partial charge on any atom is -0.496 e. The van der Waals surface area contributed by atoms with Crippen LogP contribution >= 0.6 is 0 Å². The van der Waals surface area contributed by atoms with Gasteiger partial charge in [-0.15, -0.1) is 0 Å². The second-order valence-corrected chi connectivity index (χ2v) is 9.27. The molecule has 5 nitrogen and oxygen atoms in total.